The van der Waals surface area contributed by atoms with Gasteiger partial charge in [0, 0.05) is 40.6 Å². The van der Waals surface area contributed by atoms with Gasteiger partial charge in [0.05, 0.1) is 5.56 Å². The zero-order valence-corrected chi connectivity index (χ0v) is 17.7. The molecule has 0 unspecified atom stereocenters. The van der Waals surface area contributed by atoms with Gasteiger partial charge in [-0.3, -0.25) is 14.2 Å². The SMILES string of the molecule is Cc1nc(-c2ccc(Cl)cc2)n(CC(=O)Nc2cccc(C(F)(F)F)c2)c(=O)c1CCO. The number of aryl methyl sites for hydroxylation is 1. The van der Waals surface area contributed by atoms with Crippen LogP contribution in [0.4, 0.5) is 18.9 Å². The first kappa shape index (κ1) is 23.5. The highest BCUT2D eigenvalue weighted by Gasteiger charge is 2.30. The van der Waals surface area contributed by atoms with E-state index in [1.54, 1.807) is 31.2 Å². The molecule has 0 bridgehead atoms. The number of aromatic nitrogens is 2. The van der Waals surface area contributed by atoms with Crippen LogP contribution in [-0.2, 0) is 23.9 Å². The number of benzene rings is 2. The predicted octanol–water partition coefficient (Wildman–Crippen LogP) is 4.06. The minimum Gasteiger partial charge on any atom is -0.396 e. The van der Waals surface area contributed by atoms with Crippen LogP contribution in [0.25, 0.3) is 11.4 Å². The number of hydrogen-bond donors (Lipinski definition) is 2. The van der Waals surface area contributed by atoms with Gasteiger partial charge in [-0.1, -0.05) is 17.7 Å². The number of carbonyl (C=O) groups excluding carboxylic acids is 1. The lowest BCUT2D eigenvalue weighted by Gasteiger charge is -2.16. The number of anilines is 1. The third-order valence-electron chi connectivity index (χ3n) is 4.71. The molecule has 1 amide bonds. The first-order valence-corrected chi connectivity index (χ1v) is 9.92. The Balaban J connectivity index is 1.98. The van der Waals surface area contributed by atoms with Crippen LogP contribution < -0.4 is 10.9 Å². The zero-order chi connectivity index (χ0) is 23.5. The van der Waals surface area contributed by atoms with Crippen LogP contribution in [0.15, 0.2) is 53.3 Å². The van der Waals surface area contributed by atoms with Crippen molar-refractivity contribution in [2.24, 2.45) is 0 Å². The molecule has 1 heterocycles. The van der Waals surface area contributed by atoms with Crippen molar-refractivity contribution in [3.05, 3.63) is 80.7 Å². The van der Waals surface area contributed by atoms with Gasteiger partial charge < -0.3 is 10.4 Å². The molecule has 2 aromatic carbocycles. The van der Waals surface area contributed by atoms with E-state index < -0.39 is 29.8 Å². The molecule has 0 fully saturated rings. The van der Waals surface area contributed by atoms with E-state index in [1.165, 1.54) is 12.1 Å². The molecule has 6 nitrogen and oxygen atoms in total. The smallest absolute Gasteiger partial charge is 0.396 e. The minimum atomic E-state index is -4.56. The van der Waals surface area contributed by atoms with Crippen molar-refractivity contribution in [2.75, 3.05) is 11.9 Å². The first-order valence-electron chi connectivity index (χ1n) is 9.54. The van der Waals surface area contributed by atoms with E-state index in [1.807, 2.05) is 0 Å². The molecule has 32 heavy (non-hydrogen) atoms. The average molecular weight is 466 g/mol. The van der Waals surface area contributed by atoms with Gasteiger partial charge in [-0.25, -0.2) is 4.98 Å². The standard InChI is InChI=1S/C22H19ClF3N3O3/c1-13-18(9-10-30)21(32)29(20(27-13)14-5-7-16(23)8-6-14)12-19(31)28-17-4-2-3-15(11-17)22(24,25)26/h2-8,11,30H,9-10,12H2,1H3,(H,28,31). The van der Waals surface area contributed by atoms with Gasteiger partial charge in [-0.15, -0.1) is 0 Å². The van der Waals surface area contributed by atoms with Crippen molar-refractivity contribution < 1.29 is 23.1 Å². The molecule has 0 aliphatic heterocycles. The van der Waals surface area contributed by atoms with Gasteiger partial charge in [-0.05, 0) is 49.4 Å². The number of hydrogen-bond acceptors (Lipinski definition) is 4. The first-order chi connectivity index (χ1) is 15.1. The average Bonchev–Trinajstić information content (AvgIpc) is 2.73. The molecule has 3 aromatic rings. The van der Waals surface area contributed by atoms with Gasteiger partial charge in [0.25, 0.3) is 5.56 Å². The summed E-state index contributed by atoms with van der Waals surface area (Å²) in [5, 5.41) is 12.1. The second-order valence-electron chi connectivity index (χ2n) is 7.00. The van der Waals surface area contributed by atoms with E-state index in [-0.39, 0.29) is 30.1 Å². The van der Waals surface area contributed by atoms with E-state index >= 15 is 0 Å². The summed E-state index contributed by atoms with van der Waals surface area (Å²) in [4.78, 5) is 30.1. The van der Waals surface area contributed by atoms with Crippen LogP contribution in [0.5, 0.6) is 0 Å². The van der Waals surface area contributed by atoms with Crippen molar-refractivity contribution in [1.82, 2.24) is 9.55 Å². The van der Waals surface area contributed by atoms with Crippen molar-refractivity contribution in [3.63, 3.8) is 0 Å². The maximum atomic E-state index is 13.1. The Bertz CT molecular complexity index is 1190. The molecule has 0 aliphatic rings. The Morgan fingerprint density at radius 1 is 1.19 bits per heavy atom. The third-order valence-corrected chi connectivity index (χ3v) is 4.96. The monoisotopic (exact) mass is 465 g/mol. The number of amides is 1. The topological polar surface area (TPSA) is 84.2 Å². The van der Waals surface area contributed by atoms with Crippen LogP contribution in [0.3, 0.4) is 0 Å². The summed E-state index contributed by atoms with van der Waals surface area (Å²) in [6.07, 6.45) is -4.51. The Labute approximate surface area is 186 Å². The second kappa shape index (κ2) is 9.54. The van der Waals surface area contributed by atoms with Gasteiger partial charge in [0.1, 0.15) is 12.4 Å². The quantitative estimate of drug-likeness (QED) is 0.575. The summed E-state index contributed by atoms with van der Waals surface area (Å²) in [6.45, 7) is 0.853. The number of nitrogens with zero attached hydrogens (tertiary/aromatic N) is 2. The summed E-state index contributed by atoms with van der Waals surface area (Å²) in [5.41, 5.74) is -0.300. The molecule has 3 rings (SSSR count). The van der Waals surface area contributed by atoms with E-state index in [0.29, 0.717) is 16.3 Å². The molecule has 0 saturated heterocycles. The summed E-state index contributed by atoms with van der Waals surface area (Å²) in [6, 6.07) is 10.7. The number of rotatable bonds is 6. The Morgan fingerprint density at radius 2 is 1.88 bits per heavy atom. The highest BCUT2D eigenvalue weighted by atomic mass is 35.5. The van der Waals surface area contributed by atoms with Crippen LogP contribution in [-0.4, -0.2) is 27.2 Å². The molecular formula is C22H19ClF3N3O3. The van der Waals surface area contributed by atoms with Crippen LogP contribution in [0.2, 0.25) is 5.02 Å². The van der Waals surface area contributed by atoms with E-state index in [2.05, 4.69) is 10.3 Å². The molecule has 0 atom stereocenters. The Hall–Kier alpha value is -3.17. The van der Waals surface area contributed by atoms with Gasteiger partial charge in [0.2, 0.25) is 5.91 Å². The fourth-order valence-corrected chi connectivity index (χ4v) is 3.31. The molecule has 2 N–H and O–H groups in total. The fraction of sp³-hybridized carbons (Fsp3) is 0.227. The lowest BCUT2D eigenvalue weighted by atomic mass is 10.1. The van der Waals surface area contributed by atoms with Gasteiger partial charge in [0.15, 0.2) is 0 Å². The van der Waals surface area contributed by atoms with Crippen molar-refractivity contribution in [1.29, 1.82) is 0 Å². The summed E-state index contributed by atoms with van der Waals surface area (Å²) >= 11 is 5.93. The molecule has 168 valence electrons. The molecule has 10 heteroatoms. The van der Waals surface area contributed by atoms with Crippen LogP contribution in [0, 0.1) is 6.92 Å². The van der Waals surface area contributed by atoms with Crippen molar-refractivity contribution in [3.8, 4) is 11.4 Å². The summed E-state index contributed by atoms with van der Waals surface area (Å²) in [5.74, 6) is -0.507. The summed E-state index contributed by atoms with van der Waals surface area (Å²) < 4.78 is 39.9. The lowest BCUT2D eigenvalue weighted by molar-refractivity contribution is -0.137. The third kappa shape index (κ3) is 5.35. The lowest BCUT2D eigenvalue weighted by Crippen LogP contribution is -2.33. The van der Waals surface area contributed by atoms with Crippen molar-refractivity contribution >= 4 is 23.2 Å². The molecule has 0 radical (unpaired) electrons. The van der Waals surface area contributed by atoms with Crippen LogP contribution in [0.1, 0.15) is 16.8 Å². The maximum absolute atomic E-state index is 13.1. The molecule has 0 saturated carbocycles. The van der Waals surface area contributed by atoms with E-state index in [9.17, 15) is 27.9 Å². The number of alkyl halides is 3. The number of aliphatic hydroxyl groups is 1. The number of halogens is 4. The van der Waals surface area contributed by atoms with Gasteiger partial charge in [-0.2, -0.15) is 13.2 Å². The number of carbonyl (C=O) groups is 1. The molecule has 0 aliphatic carbocycles. The van der Waals surface area contributed by atoms with Crippen LogP contribution >= 0.6 is 11.6 Å². The maximum Gasteiger partial charge on any atom is 0.416 e. The molecular weight excluding hydrogens is 447 g/mol. The van der Waals surface area contributed by atoms with Gasteiger partial charge >= 0.3 is 6.18 Å². The normalized spacial score (nSPS) is 11.4. The highest BCUT2D eigenvalue weighted by molar-refractivity contribution is 6.30. The van der Waals surface area contributed by atoms with E-state index in [4.69, 9.17) is 11.6 Å². The summed E-state index contributed by atoms with van der Waals surface area (Å²) in [7, 11) is 0. The number of aliphatic hydroxyl groups excluding tert-OH is 1. The Kier molecular flexibility index (Phi) is 7.00. The highest BCUT2D eigenvalue weighted by Crippen LogP contribution is 2.30. The number of nitrogens with one attached hydrogen (secondary N) is 1. The van der Waals surface area contributed by atoms with E-state index in [0.717, 1.165) is 16.7 Å². The fourth-order valence-electron chi connectivity index (χ4n) is 3.18. The zero-order valence-electron chi connectivity index (χ0n) is 16.9. The largest absolute Gasteiger partial charge is 0.416 e. The van der Waals surface area contributed by atoms with Crippen molar-refractivity contribution in [2.45, 2.75) is 26.1 Å². The predicted molar refractivity (Wildman–Crippen MR) is 115 cm³/mol. The second-order valence-corrected chi connectivity index (χ2v) is 7.43. The minimum absolute atomic E-state index is 0.0494. The molecule has 0 spiro atoms. The Morgan fingerprint density at radius 3 is 2.50 bits per heavy atom. The molecule has 1 aromatic heterocycles.